The summed E-state index contributed by atoms with van der Waals surface area (Å²) in [5, 5.41) is 1.94. The molecule has 0 unspecified atom stereocenters. The molecule has 0 saturated heterocycles. The van der Waals surface area contributed by atoms with E-state index in [1.54, 1.807) is 6.20 Å². The van der Waals surface area contributed by atoms with E-state index in [9.17, 15) is 0 Å². The van der Waals surface area contributed by atoms with Gasteiger partial charge in [0.15, 0.2) is 0 Å². The van der Waals surface area contributed by atoms with E-state index in [-0.39, 0.29) is 0 Å². The summed E-state index contributed by atoms with van der Waals surface area (Å²) in [6.07, 6.45) is 1.68. The van der Waals surface area contributed by atoms with Gasteiger partial charge < -0.3 is 5.73 Å². The van der Waals surface area contributed by atoms with Crippen molar-refractivity contribution in [1.29, 1.82) is 0 Å². The van der Waals surface area contributed by atoms with Crippen LogP contribution in [0.4, 0.5) is 5.82 Å². The normalized spacial score (nSPS) is 10.0. The van der Waals surface area contributed by atoms with Crippen LogP contribution in [0.3, 0.4) is 0 Å². The van der Waals surface area contributed by atoms with Crippen molar-refractivity contribution in [1.82, 2.24) is 9.36 Å². The maximum atomic E-state index is 5.53. The monoisotopic (exact) mass is 177 g/mol. The van der Waals surface area contributed by atoms with E-state index in [0.717, 1.165) is 11.3 Å². The molecule has 0 bridgehead atoms. The van der Waals surface area contributed by atoms with Crippen LogP contribution in [0.25, 0.3) is 11.3 Å². The summed E-state index contributed by atoms with van der Waals surface area (Å²) >= 11 is 1.43. The number of rotatable bonds is 1. The Bertz CT molecular complexity index is 370. The van der Waals surface area contributed by atoms with Crippen LogP contribution in [-0.2, 0) is 0 Å². The summed E-state index contributed by atoms with van der Waals surface area (Å²) in [5.74, 6) is 0.528. The second-order valence-corrected chi connectivity index (χ2v) is 3.02. The minimum absolute atomic E-state index is 0.528. The number of hydrogen-bond donors (Lipinski definition) is 1. The van der Waals surface area contributed by atoms with Crippen molar-refractivity contribution in [3.63, 3.8) is 0 Å². The molecule has 2 aromatic heterocycles. The fraction of sp³-hybridized carbons (Fsp3) is 0. The van der Waals surface area contributed by atoms with Gasteiger partial charge in [-0.3, -0.25) is 0 Å². The SMILES string of the molecule is Nc1cc(-c2ccsn2)ccn1. The van der Waals surface area contributed by atoms with Gasteiger partial charge in [-0.25, -0.2) is 4.98 Å². The van der Waals surface area contributed by atoms with E-state index in [1.807, 2.05) is 23.6 Å². The highest BCUT2D eigenvalue weighted by Crippen LogP contribution is 2.18. The molecule has 0 saturated carbocycles. The molecule has 0 aliphatic carbocycles. The van der Waals surface area contributed by atoms with Crippen LogP contribution >= 0.6 is 11.5 Å². The molecule has 60 valence electrons. The molecular formula is C8H7N3S. The van der Waals surface area contributed by atoms with Crippen LogP contribution in [0, 0.1) is 0 Å². The fourth-order valence-electron chi connectivity index (χ4n) is 0.969. The van der Waals surface area contributed by atoms with Gasteiger partial charge >= 0.3 is 0 Å². The Kier molecular flexibility index (Phi) is 1.75. The highest BCUT2D eigenvalue weighted by molar-refractivity contribution is 7.03. The van der Waals surface area contributed by atoms with Gasteiger partial charge in [0.2, 0.25) is 0 Å². The fourth-order valence-corrected chi connectivity index (χ4v) is 1.50. The first-order valence-electron chi connectivity index (χ1n) is 3.48. The van der Waals surface area contributed by atoms with Gasteiger partial charge in [0, 0.05) is 17.1 Å². The maximum absolute atomic E-state index is 5.53. The van der Waals surface area contributed by atoms with E-state index in [2.05, 4.69) is 9.36 Å². The molecule has 0 amide bonds. The number of nitrogens with zero attached hydrogens (tertiary/aromatic N) is 2. The zero-order valence-corrected chi connectivity index (χ0v) is 7.08. The van der Waals surface area contributed by atoms with Crippen LogP contribution in [0.2, 0.25) is 0 Å². The molecule has 0 radical (unpaired) electrons. The average Bonchev–Trinajstić information content (AvgIpc) is 2.56. The third kappa shape index (κ3) is 1.29. The Morgan fingerprint density at radius 3 is 2.92 bits per heavy atom. The summed E-state index contributed by atoms with van der Waals surface area (Å²) in [5.41, 5.74) is 7.50. The summed E-state index contributed by atoms with van der Waals surface area (Å²) < 4.78 is 4.19. The number of nitrogens with two attached hydrogens (primary N) is 1. The molecule has 2 N–H and O–H groups in total. The van der Waals surface area contributed by atoms with Gasteiger partial charge in [0.1, 0.15) is 5.82 Å². The summed E-state index contributed by atoms with van der Waals surface area (Å²) in [6, 6.07) is 5.67. The van der Waals surface area contributed by atoms with Gasteiger partial charge in [0.25, 0.3) is 0 Å². The lowest BCUT2D eigenvalue weighted by Crippen LogP contribution is -1.88. The molecule has 3 nitrogen and oxygen atoms in total. The molecule has 4 heteroatoms. The van der Waals surface area contributed by atoms with Crippen molar-refractivity contribution in [3.05, 3.63) is 29.8 Å². The average molecular weight is 177 g/mol. The molecule has 0 aliphatic heterocycles. The first kappa shape index (κ1) is 7.24. The molecule has 0 atom stereocenters. The molecule has 0 aromatic carbocycles. The highest BCUT2D eigenvalue weighted by Gasteiger charge is 1.98. The molecule has 2 aromatic rings. The number of pyridine rings is 1. The van der Waals surface area contributed by atoms with Crippen LogP contribution in [-0.4, -0.2) is 9.36 Å². The topological polar surface area (TPSA) is 51.8 Å². The van der Waals surface area contributed by atoms with E-state index in [0.29, 0.717) is 5.82 Å². The minimum atomic E-state index is 0.528. The van der Waals surface area contributed by atoms with Crippen LogP contribution in [0.1, 0.15) is 0 Å². The highest BCUT2D eigenvalue weighted by atomic mass is 32.1. The lowest BCUT2D eigenvalue weighted by molar-refractivity contribution is 1.33. The predicted molar refractivity (Wildman–Crippen MR) is 49.8 cm³/mol. The van der Waals surface area contributed by atoms with Crippen LogP contribution in [0.15, 0.2) is 29.8 Å². The summed E-state index contributed by atoms with van der Waals surface area (Å²) in [6.45, 7) is 0. The minimum Gasteiger partial charge on any atom is -0.384 e. The standard InChI is InChI=1S/C8H7N3S/c9-8-5-6(1-3-10-8)7-2-4-12-11-7/h1-5H,(H2,9,10). The van der Waals surface area contributed by atoms with E-state index >= 15 is 0 Å². The number of aromatic nitrogens is 2. The third-order valence-corrected chi connectivity index (χ3v) is 2.07. The predicted octanol–water partition coefficient (Wildman–Crippen LogP) is 1.79. The first-order chi connectivity index (χ1) is 5.86. The number of anilines is 1. The summed E-state index contributed by atoms with van der Waals surface area (Å²) in [7, 11) is 0. The Labute approximate surface area is 74.0 Å². The lowest BCUT2D eigenvalue weighted by Gasteiger charge is -1.95. The van der Waals surface area contributed by atoms with Gasteiger partial charge in [-0.05, 0) is 29.7 Å². The first-order valence-corrected chi connectivity index (χ1v) is 4.32. The van der Waals surface area contributed by atoms with Crippen LogP contribution in [0.5, 0.6) is 0 Å². The van der Waals surface area contributed by atoms with E-state index < -0.39 is 0 Å². The Hall–Kier alpha value is -1.42. The lowest BCUT2D eigenvalue weighted by atomic mass is 10.2. The number of nitrogen functional groups attached to an aromatic ring is 1. The van der Waals surface area contributed by atoms with Crippen molar-refractivity contribution < 1.29 is 0 Å². The van der Waals surface area contributed by atoms with Crippen LogP contribution < -0.4 is 5.73 Å². The second kappa shape index (κ2) is 2.91. The summed E-state index contributed by atoms with van der Waals surface area (Å²) in [4.78, 5) is 3.90. The van der Waals surface area contributed by atoms with Gasteiger partial charge in [0.05, 0.1) is 5.69 Å². The Morgan fingerprint density at radius 1 is 1.33 bits per heavy atom. The van der Waals surface area contributed by atoms with Crippen molar-refractivity contribution >= 4 is 17.4 Å². The zero-order chi connectivity index (χ0) is 8.39. The molecule has 0 spiro atoms. The molecule has 2 heterocycles. The number of hydrogen-bond acceptors (Lipinski definition) is 4. The third-order valence-electron chi connectivity index (χ3n) is 1.51. The molecule has 0 fully saturated rings. The quantitative estimate of drug-likeness (QED) is 0.722. The molecule has 2 rings (SSSR count). The Balaban J connectivity index is 2.48. The zero-order valence-electron chi connectivity index (χ0n) is 6.27. The molecule has 12 heavy (non-hydrogen) atoms. The van der Waals surface area contributed by atoms with Crippen molar-refractivity contribution in [2.24, 2.45) is 0 Å². The Morgan fingerprint density at radius 2 is 2.25 bits per heavy atom. The largest absolute Gasteiger partial charge is 0.384 e. The smallest absolute Gasteiger partial charge is 0.123 e. The van der Waals surface area contributed by atoms with Gasteiger partial charge in [-0.15, -0.1) is 0 Å². The molecule has 0 aliphatic rings. The maximum Gasteiger partial charge on any atom is 0.123 e. The van der Waals surface area contributed by atoms with Crippen molar-refractivity contribution in [2.45, 2.75) is 0 Å². The van der Waals surface area contributed by atoms with E-state index in [4.69, 9.17) is 5.73 Å². The second-order valence-electron chi connectivity index (χ2n) is 2.35. The molecular weight excluding hydrogens is 170 g/mol. The van der Waals surface area contributed by atoms with Gasteiger partial charge in [-0.2, -0.15) is 4.37 Å². The van der Waals surface area contributed by atoms with Gasteiger partial charge in [-0.1, -0.05) is 0 Å². The van der Waals surface area contributed by atoms with Crippen molar-refractivity contribution in [3.8, 4) is 11.3 Å². The van der Waals surface area contributed by atoms with Crippen molar-refractivity contribution in [2.75, 3.05) is 5.73 Å². The van der Waals surface area contributed by atoms with E-state index in [1.165, 1.54) is 11.5 Å².